The summed E-state index contributed by atoms with van der Waals surface area (Å²) in [5.41, 5.74) is -1.04. The topological polar surface area (TPSA) is 120 Å². The highest BCUT2D eigenvalue weighted by Crippen LogP contribution is 2.57. The molecular formula is C45H78O11. The number of carbonyl (C=O) groups is 1. The first-order valence-corrected chi connectivity index (χ1v) is 22.2. The summed E-state index contributed by atoms with van der Waals surface area (Å²) < 4.78 is 60.1. The van der Waals surface area contributed by atoms with Crippen LogP contribution in [-0.4, -0.2) is 110 Å². The van der Waals surface area contributed by atoms with Crippen LogP contribution in [0.1, 0.15) is 134 Å². The average Bonchev–Trinajstić information content (AvgIpc) is 3.83. The lowest BCUT2D eigenvalue weighted by atomic mass is 9.78. The molecule has 11 heteroatoms. The Bertz CT molecular complexity index is 1330. The minimum absolute atomic E-state index is 0.000790. The zero-order valence-corrected chi connectivity index (χ0v) is 37.0. The van der Waals surface area contributed by atoms with Gasteiger partial charge in [-0.3, -0.25) is 4.79 Å². The summed E-state index contributed by atoms with van der Waals surface area (Å²) in [4.78, 5) is 12.4. The quantitative estimate of drug-likeness (QED) is 0.198. The number of rotatable bonds is 12. The molecule has 56 heavy (non-hydrogen) atoms. The van der Waals surface area contributed by atoms with Crippen LogP contribution in [0.25, 0.3) is 0 Å². The summed E-state index contributed by atoms with van der Waals surface area (Å²) in [6, 6.07) is 0. The fraction of sp³-hybridized carbons (Fsp3) is 0.978. The van der Waals surface area contributed by atoms with Crippen LogP contribution in [0.15, 0.2) is 0 Å². The maximum atomic E-state index is 12.4. The maximum absolute atomic E-state index is 12.4. The minimum Gasteiger partial charge on any atom is -0.460 e. The van der Waals surface area contributed by atoms with Crippen LogP contribution in [0.4, 0.5) is 0 Å². The third-order valence-electron chi connectivity index (χ3n) is 15.4. The number of hydrogen-bond acceptors (Lipinski definition) is 11. The molecule has 6 aliphatic rings. The van der Waals surface area contributed by atoms with E-state index in [0.717, 1.165) is 57.8 Å². The molecule has 6 fully saturated rings. The van der Waals surface area contributed by atoms with Crippen LogP contribution in [0.2, 0.25) is 0 Å². The Morgan fingerprint density at radius 1 is 0.821 bits per heavy atom. The third kappa shape index (κ3) is 8.39. The van der Waals surface area contributed by atoms with Crippen molar-refractivity contribution in [2.45, 2.75) is 206 Å². The van der Waals surface area contributed by atoms with Crippen molar-refractivity contribution in [2.24, 2.45) is 47.3 Å². The Balaban J connectivity index is 1.12. The van der Waals surface area contributed by atoms with Crippen molar-refractivity contribution in [3.63, 3.8) is 0 Å². The molecule has 0 aromatic carbocycles. The molecule has 6 saturated heterocycles. The van der Waals surface area contributed by atoms with Crippen LogP contribution in [0.3, 0.4) is 0 Å². The second-order valence-electron chi connectivity index (χ2n) is 20.2. The number of ether oxygens (including phenoxy) is 9. The van der Waals surface area contributed by atoms with Crippen molar-refractivity contribution in [1.82, 2.24) is 0 Å². The Morgan fingerprint density at radius 2 is 1.55 bits per heavy atom. The summed E-state index contributed by atoms with van der Waals surface area (Å²) in [6.45, 7) is 23.7. The second kappa shape index (κ2) is 17.2. The molecule has 0 radical (unpaired) electrons. The smallest absolute Gasteiger partial charge is 0.308 e. The van der Waals surface area contributed by atoms with E-state index in [0.29, 0.717) is 5.92 Å². The predicted octanol–water partition coefficient (Wildman–Crippen LogP) is 7.47. The summed E-state index contributed by atoms with van der Waals surface area (Å²) in [5.74, 6) is -1.05. The zero-order chi connectivity index (χ0) is 41.0. The van der Waals surface area contributed by atoms with E-state index in [9.17, 15) is 9.90 Å². The lowest BCUT2D eigenvalue weighted by Crippen LogP contribution is -2.58. The van der Waals surface area contributed by atoms with Gasteiger partial charge in [0.25, 0.3) is 0 Å². The van der Waals surface area contributed by atoms with E-state index in [1.54, 1.807) is 7.11 Å². The molecule has 6 aliphatic heterocycles. The molecule has 1 unspecified atom stereocenters. The highest BCUT2D eigenvalue weighted by atomic mass is 16.7. The first kappa shape index (κ1) is 44.7. The van der Waals surface area contributed by atoms with Crippen molar-refractivity contribution in [1.29, 1.82) is 0 Å². The molecule has 0 saturated carbocycles. The molecule has 0 aromatic heterocycles. The molecule has 0 amide bonds. The van der Waals surface area contributed by atoms with E-state index in [-0.39, 0.29) is 109 Å². The Labute approximate surface area is 338 Å². The highest BCUT2D eigenvalue weighted by Gasteiger charge is 2.65. The monoisotopic (exact) mass is 795 g/mol. The molecule has 0 aliphatic carbocycles. The molecule has 324 valence electrons. The first-order valence-electron chi connectivity index (χ1n) is 22.2. The van der Waals surface area contributed by atoms with Gasteiger partial charge in [-0.25, -0.2) is 0 Å². The molecule has 11 nitrogen and oxygen atoms in total. The molecule has 6 heterocycles. The summed E-state index contributed by atoms with van der Waals surface area (Å²) in [5, 5.41) is 9.90. The SMILES string of the molecule is CO[C@@H]1C[C@@H](C[C@H]2CC[C@H](C)[C@H]([C@@H](C)CO)O2)OC2(O[C@](C)([C@H]3CC[C@@](C)([C@@H]4O[C@@H]([C@H]5O[C@](COC(=O)C(C)C)(OC)[C@H](C)C[C@@H]5C)C[C@@H]4C)O3)C[C@H]2C)[C@@H]1C. The highest BCUT2D eigenvalue weighted by molar-refractivity contribution is 5.71. The lowest BCUT2D eigenvalue weighted by Gasteiger charge is -2.50. The van der Waals surface area contributed by atoms with Gasteiger partial charge in [-0.05, 0) is 76.5 Å². The molecule has 19 atom stereocenters. The van der Waals surface area contributed by atoms with Crippen LogP contribution >= 0.6 is 0 Å². The van der Waals surface area contributed by atoms with Gasteiger partial charge in [0.15, 0.2) is 5.79 Å². The zero-order valence-electron chi connectivity index (χ0n) is 37.0. The van der Waals surface area contributed by atoms with Crippen LogP contribution in [-0.2, 0) is 47.4 Å². The van der Waals surface area contributed by atoms with Gasteiger partial charge in [0.05, 0.1) is 66.0 Å². The van der Waals surface area contributed by atoms with E-state index in [1.807, 2.05) is 21.0 Å². The van der Waals surface area contributed by atoms with Crippen molar-refractivity contribution in [3.05, 3.63) is 0 Å². The van der Waals surface area contributed by atoms with E-state index >= 15 is 0 Å². The molecule has 6 rings (SSSR count). The predicted molar refractivity (Wildman–Crippen MR) is 212 cm³/mol. The van der Waals surface area contributed by atoms with Gasteiger partial charge in [0.1, 0.15) is 6.61 Å². The molecule has 0 aromatic rings. The van der Waals surface area contributed by atoms with Crippen molar-refractivity contribution in [3.8, 4) is 0 Å². The molecule has 0 bridgehead atoms. The first-order chi connectivity index (χ1) is 26.3. The number of esters is 1. The van der Waals surface area contributed by atoms with Gasteiger partial charge in [0.2, 0.25) is 5.79 Å². The van der Waals surface area contributed by atoms with Crippen LogP contribution in [0, 0.1) is 47.3 Å². The average molecular weight is 795 g/mol. The van der Waals surface area contributed by atoms with Crippen LogP contribution in [0.5, 0.6) is 0 Å². The fourth-order valence-corrected chi connectivity index (χ4v) is 11.9. The summed E-state index contributed by atoms with van der Waals surface area (Å²) >= 11 is 0. The lowest BCUT2D eigenvalue weighted by molar-refractivity contribution is -0.353. The number of aliphatic hydroxyl groups is 1. The van der Waals surface area contributed by atoms with Gasteiger partial charge in [-0.15, -0.1) is 0 Å². The third-order valence-corrected chi connectivity index (χ3v) is 15.4. The van der Waals surface area contributed by atoms with E-state index in [4.69, 9.17) is 42.6 Å². The Kier molecular flexibility index (Phi) is 13.7. The molecule has 1 N–H and O–H groups in total. The minimum atomic E-state index is -1.02. The number of hydrogen-bond donors (Lipinski definition) is 1. The van der Waals surface area contributed by atoms with Crippen molar-refractivity contribution in [2.75, 3.05) is 27.4 Å². The Hall–Kier alpha value is -0.890. The number of carbonyl (C=O) groups excluding carboxylic acids is 1. The van der Waals surface area contributed by atoms with Crippen LogP contribution < -0.4 is 0 Å². The number of aliphatic hydroxyl groups excluding tert-OH is 1. The summed E-state index contributed by atoms with van der Waals surface area (Å²) in [6.07, 6.45) is 7.48. The Morgan fingerprint density at radius 3 is 2.21 bits per heavy atom. The molecular weight excluding hydrogens is 716 g/mol. The van der Waals surface area contributed by atoms with Crippen molar-refractivity contribution < 1.29 is 52.5 Å². The summed E-state index contributed by atoms with van der Waals surface area (Å²) in [7, 11) is 3.46. The van der Waals surface area contributed by atoms with E-state index in [2.05, 4.69) is 62.3 Å². The largest absolute Gasteiger partial charge is 0.460 e. The van der Waals surface area contributed by atoms with Gasteiger partial charge < -0.3 is 47.7 Å². The normalized spacial score (nSPS) is 50.5. The van der Waals surface area contributed by atoms with E-state index in [1.165, 1.54) is 0 Å². The van der Waals surface area contributed by atoms with Gasteiger partial charge in [0, 0.05) is 57.3 Å². The second-order valence-corrected chi connectivity index (χ2v) is 20.2. The standard InChI is InChI=1S/C45H78O11/c1-25(2)41(47)50-24-44(49-13)30(7)18-27(4)39(55-44)36-19-28(5)40(52-36)42(10)17-16-37(54-42)43(11)22-31(8)45(56-43)32(9)35(48-12)21-34(53-45)20-33-15-14-26(3)38(51-33)29(6)23-46/h25-40,46H,14-24H2,1-13H3/t26-,27-,28-,29-,30+,31+,32+,33+,34+,35+,36+,37+,38+,39-,40+,42-,43-,44-,45?/m0/s1. The van der Waals surface area contributed by atoms with Gasteiger partial charge in [-0.2, -0.15) is 0 Å². The molecule has 1 spiro atoms. The van der Waals surface area contributed by atoms with Gasteiger partial charge >= 0.3 is 5.97 Å². The van der Waals surface area contributed by atoms with Gasteiger partial charge in [-0.1, -0.05) is 62.3 Å². The van der Waals surface area contributed by atoms with E-state index < -0.39 is 22.8 Å². The maximum Gasteiger partial charge on any atom is 0.308 e. The van der Waals surface area contributed by atoms with Crippen molar-refractivity contribution >= 4 is 5.97 Å². The number of methoxy groups -OCH3 is 2. The fourth-order valence-electron chi connectivity index (χ4n) is 11.9.